The van der Waals surface area contributed by atoms with Crippen molar-refractivity contribution >= 4 is 5.97 Å². The predicted molar refractivity (Wildman–Crippen MR) is 105 cm³/mol. The Morgan fingerprint density at radius 2 is 1.28 bits per heavy atom. The Balaban J connectivity index is 1.94. The molecule has 1 rings (SSSR count). The molecule has 1 N–H and O–H groups in total. The van der Waals surface area contributed by atoms with Crippen molar-refractivity contribution in [1.29, 1.82) is 0 Å². The van der Waals surface area contributed by atoms with Gasteiger partial charge in [-0.25, -0.2) is 0 Å². The second-order valence-corrected chi connectivity index (χ2v) is 6.09. The summed E-state index contributed by atoms with van der Waals surface area (Å²) < 4.78 is 5.62. The molecule has 0 amide bonds. The lowest BCUT2D eigenvalue weighted by molar-refractivity contribution is -0.136. The van der Waals surface area contributed by atoms with Crippen LogP contribution in [0.4, 0.5) is 0 Å². The number of rotatable bonds is 14. The molecule has 2 atom stereocenters. The van der Waals surface area contributed by atoms with Crippen LogP contribution in [0.1, 0.15) is 58.3 Å². The Labute approximate surface area is 152 Å². The Morgan fingerprint density at radius 3 is 1.80 bits per heavy atom. The number of carbonyl (C=O) groups is 1. The first-order valence-corrected chi connectivity index (χ1v) is 9.36. The summed E-state index contributed by atoms with van der Waals surface area (Å²) in [6, 6.07) is 0. The summed E-state index contributed by atoms with van der Waals surface area (Å²) in [7, 11) is 0. The van der Waals surface area contributed by atoms with Gasteiger partial charge in [0.2, 0.25) is 0 Å². The number of epoxide rings is 1. The lowest BCUT2D eigenvalue weighted by atomic mass is 10.1. The van der Waals surface area contributed by atoms with Crippen molar-refractivity contribution in [2.45, 2.75) is 70.5 Å². The van der Waals surface area contributed by atoms with E-state index in [9.17, 15) is 4.79 Å². The maximum atomic E-state index is 10.3. The average molecular weight is 344 g/mol. The minimum Gasteiger partial charge on any atom is -0.481 e. The molecule has 0 aromatic carbocycles. The molecule has 1 aliphatic rings. The van der Waals surface area contributed by atoms with Crippen LogP contribution >= 0.6 is 0 Å². The summed E-state index contributed by atoms with van der Waals surface area (Å²) in [5, 5.41) is 8.50. The van der Waals surface area contributed by atoms with Crippen LogP contribution in [0.15, 0.2) is 60.8 Å². The number of hydrogen-bond acceptors (Lipinski definition) is 2. The summed E-state index contributed by atoms with van der Waals surface area (Å²) in [5.74, 6) is -0.743. The molecule has 1 heterocycles. The van der Waals surface area contributed by atoms with Gasteiger partial charge in [0.25, 0.3) is 0 Å². The van der Waals surface area contributed by atoms with Crippen molar-refractivity contribution in [1.82, 2.24) is 0 Å². The van der Waals surface area contributed by atoms with E-state index in [0.717, 1.165) is 38.5 Å². The van der Waals surface area contributed by atoms with Crippen LogP contribution in [0, 0.1) is 0 Å². The first kappa shape index (κ1) is 21.2. The van der Waals surface area contributed by atoms with Gasteiger partial charge in [0, 0.05) is 6.42 Å². The summed E-state index contributed by atoms with van der Waals surface area (Å²) in [6.07, 6.45) is 29.0. The van der Waals surface area contributed by atoms with Gasteiger partial charge in [-0.05, 0) is 44.9 Å². The van der Waals surface area contributed by atoms with E-state index in [-0.39, 0.29) is 6.42 Å². The summed E-state index contributed by atoms with van der Waals surface area (Å²) in [5.41, 5.74) is 0. The highest BCUT2D eigenvalue weighted by molar-refractivity contribution is 5.66. The van der Waals surface area contributed by atoms with Crippen LogP contribution in [0.2, 0.25) is 0 Å². The highest BCUT2D eigenvalue weighted by Gasteiger charge is 2.35. The lowest BCUT2D eigenvalue weighted by Crippen LogP contribution is -1.91. The van der Waals surface area contributed by atoms with Crippen LogP contribution < -0.4 is 0 Å². The van der Waals surface area contributed by atoms with Gasteiger partial charge in [0.05, 0.1) is 12.2 Å². The van der Waals surface area contributed by atoms with Gasteiger partial charge in [0.15, 0.2) is 0 Å². The van der Waals surface area contributed by atoms with E-state index >= 15 is 0 Å². The minimum absolute atomic E-state index is 0.208. The van der Waals surface area contributed by atoms with Crippen LogP contribution in [0.25, 0.3) is 0 Å². The molecule has 0 spiro atoms. The molecular formula is C22H32O3. The monoisotopic (exact) mass is 344 g/mol. The molecule has 0 radical (unpaired) electrons. The van der Waals surface area contributed by atoms with Gasteiger partial charge in [-0.2, -0.15) is 0 Å². The standard InChI is InChI=1S/C22H32O3/c1-2-3-14-17-20-21(25-20)18-15-12-10-8-6-4-5-7-9-11-13-16-19-22(23)24/h3,5-8,11-15,20-21H,2,4,9-10,16-19H2,1H3,(H,23,24)/b7-5-,8-6-,13-11-,14-3-,15-12-/t20-,21+/m1/s1. The van der Waals surface area contributed by atoms with Gasteiger partial charge >= 0.3 is 5.97 Å². The van der Waals surface area contributed by atoms with Crippen molar-refractivity contribution < 1.29 is 14.6 Å². The number of aliphatic carboxylic acids is 1. The van der Waals surface area contributed by atoms with Crippen molar-refractivity contribution in [3.05, 3.63) is 60.8 Å². The Kier molecular flexibility index (Phi) is 12.3. The van der Waals surface area contributed by atoms with Gasteiger partial charge in [0.1, 0.15) is 0 Å². The number of allylic oxidation sites excluding steroid dienone is 8. The normalized spacial score (nSPS) is 20.8. The van der Waals surface area contributed by atoms with E-state index in [1.807, 2.05) is 12.2 Å². The third-order valence-electron chi connectivity index (χ3n) is 3.83. The zero-order valence-corrected chi connectivity index (χ0v) is 15.3. The Hall–Kier alpha value is -1.87. The van der Waals surface area contributed by atoms with Crippen molar-refractivity contribution in [2.24, 2.45) is 0 Å². The van der Waals surface area contributed by atoms with Crippen LogP contribution in [-0.4, -0.2) is 23.3 Å². The zero-order valence-electron chi connectivity index (χ0n) is 15.3. The smallest absolute Gasteiger partial charge is 0.303 e. The van der Waals surface area contributed by atoms with E-state index in [1.54, 1.807) is 0 Å². The van der Waals surface area contributed by atoms with Crippen LogP contribution in [-0.2, 0) is 9.53 Å². The van der Waals surface area contributed by atoms with Crippen molar-refractivity contribution in [2.75, 3.05) is 0 Å². The van der Waals surface area contributed by atoms with E-state index in [0.29, 0.717) is 18.6 Å². The third-order valence-corrected chi connectivity index (χ3v) is 3.83. The molecule has 3 heteroatoms. The van der Waals surface area contributed by atoms with E-state index in [4.69, 9.17) is 9.84 Å². The molecule has 1 aliphatic heterocycles. The average Bonchev–Trinajstić information content (AvgIpc) is 3.33. The predicted octanol–water partition coefficient (Wildman–Crippen LogP) is 5.76. The summed E-state index contributed by atoms with van der Waals surface area (Å²) in [4.78, 5) is 10.3. The van der Waals surface area contributed by atoms with E-state index < -0.39 is 5.97 Å². The second kappa shape index (κ2) is 14.5. The maximum Gasteiger partial charge on any atom is 0.303 e. The second-order valence-electron chi connectivity index (χ2n) is 6.09. The topological polar surface area (TPSA) is 49.8 Å². The molecule has 25 heavy (non-hydrogen) atoms. The number of ether oxygens (including phenoxy) is 1. The Morgan fingerprint density at radius 1 is 0.800 bits per heavy atom. The first-order chi connectivity index (χ1) is 12.2. The number of carboxylic acid groups (broad SMARTS) is 1. The SMILES string of the molecule is CC/C=C\C[C@H]1O[C@H]1C/C=C\C/C=C\C/C=C\C/C=C\CCC(=O)O. The largest absolute Gasteiger partial charge is 0.481 e. The fraction of sp³-hybridized carbons (Fsp3) is 0.500. The molecule has 1 saturated heterocycles. The van der Waals surface area contributed by atoms with Gasteiger partial charge in [-0.15, -0.1) is 0 Å². The quantitative estimate of drug-likeness (QED) is 0.322. The number of hydrogen-bond donors (Lipinski definition) is 1. The molecule has 0 saturated carbocycles. The zero-order chi connectivity index (χ0) is 18.2. The molecule has 1 fully saturated rings. The summed E-state index contributed by atoms with van der Waals surface area (Å²) >= 11 is 0. The molecule has 0 aromatic heterocycles. The molecule has 0 aromatic rings. The van der Waals surface area contributed by atoms with Crippen molar-refractivity contribution in [3.63, 3.8) is 0 Å². The molecule has 0 unspecified atom stereocenters. The maximum absolute atomic E-state index is 10.3. The highest BCUT2D eigenvalue weighted by Crippen LogP contribution is 2.28. The number of carboxylic acids is 1. The van der Waals surface area contributed by atoms with Crippen molar-refractivity contribution in [3.8, 4) is 0 Å². The molecule has 3 nitrogen and oxygen atoms in total. The fourth-order valence-corrected chi connectivity index (χ4v) is 2.36. The fourth-order valence-electron chi connectivity index (χ4n) is 2.36. The first-order valence-electron chi connectivity index (χ1n) is 9.36. The van der Waals surface area contributed by atoms with Gasteiger partial charge in [-0.1, -0.05) is 67.7 Å². The molecule has 138 valence electrons. The van der Waals surface area contributed by atoms with E-state index in [2.05, 4.69) is 55.5 Å². The molecule has 0 bridgehead atoms. The van der Waals surface area contributed by atoms with Gasteiger partial charge in [-0.3, -0.25) is 4.79 Å². The van der Waals surface area contributed by atoms with Gasteiger partial charge < -0.3 is 9.84 Å². The highest BCUT2D eigenvalue weighted by atomic mass is 16.6. The molecular weight excluding hydrogens is 312 g/mol. The van der Waals surface area contributed by atoms with E-state index in [1.165, 1.54) is 0 Å². The van der Waals surface area contributed by atoms with Crippen LogP contribution in [0.5, 0.6) is 0 Å². The minimum atomic E-state index is -0.743. The van der Waals surface area contributed by atoms with Crippen LogP contribution in [0.3, 0.4) is 0 Å². The third kappa shape index (κ3) is 13.1. The Bertz CT molecular complexity index is 497. The lowest BCUT2D eigenvalue weighted by Gasteiger charge is -1.88. The summed E-state index contributed by atoms with van der Waals surface area (Å²) in [6.45, 7) is 2.15. The molecule has 0 aliphatic carbocycles.